The molecular weight excluding hydrogens is 302 g/mol. The number of carbonyl (C=O) groups is 2. The van der Waals surface area contributed by atoms with Crippen LogP contribution >= 0.6 is 0 Å². The summed E-state index contributed by atoms with van der Waals surface area (Å²) in [7, 11) is -4.84. The molecule has 2 bridgehead atoms. The number of rotatable bonds is 3. The van der Waals surface area contributed by atoms with Gasteiger partial charge in [-0.1, -0.05) is 18.2 Å². The Morgan fingerprint density at radius 3 is 2.81 bits per heavy atom. The molecule has 2 heterocycles. The first-order valence-corrected chi connectivity index (χ1v) is 7.59. The second-order valence-electron chi connectivity index (χ2n) is 5.06. The van der Waals surface area contributed by atoms with Gasteiger partial charge in [-0.15, -0.1) is 4.28 Å². The molecule has 0 saturated carbocycles. The molecule has 3 rings (SSSR count). The number of urea groups is 1. The van der Waals surface area contributed by atoms with Crippen LogP contribution in [0.4, 0.5) is 4.79 Å². The summed E-state index contributed by atoms with van der Waals surface area (Å²) in [6.07, 6.45) is 5.83. The van der Waals surface area contributed by atoms with Crippen LogP contribution in [0.1, 0.15) is 6.42 Å². The van der Waals surface area contributed by atoms with Crippen LogP contribution in [0.15, 0.2) is 23.8 Å². The number of primary amides is 1. The van der Waals surface area contributed by atoms with Crippen LogP contribution < -0.4 is 5.73 Å². The first kappa shape index (κ1) is 14.0. The summed E-state index contributed by atoms with van der Waals surface area (Å²) in [6, 6.07) is -2.35. The molecule has 0 aromatic heterocycles. The summed E-state index contributed by atoms with van der Waals surface area (Å²) in [4.78, 5) is 25.1. The monoisotopic (exact) mass is 315 g/mol. The van der Waals surface area contributed by atoms with Gasteiger partial charge in [-0.3, -0.25) is 9.35 Å². The molecule has 0 aromatic rings. The van der Waals surface area contributed by atoms with Crippen molar-refractivity contribution in [2.45, 2.75) is 18.5 Å². The molecule has 3 amide bonds. The van der Waals surface area contributed by atoms with E-state index < -0.39 is 34.4 Å². The van der Waals surface area contributed by atoms with E-state index in [0.29, 0.717) is 17.1 Å². The number of carbonyl (C=O) groups excluding carboxylic acids is 2. The second-order valence-corrected chi connectivity index (χ2v) is 6.07. The van der Waals surface area contributed by atoms with Crippen molar-refractivity contribution in [3.8, 4) is 0 Å². The van der Waals surface area contributed by atoms with E-state index in [-0.39, 0.29) is 12.5 Å². The Morgan fingerprint density at radius 1 is 1.48 bits per heavy atom. The number of fused-ring (bicyclic) bond motifs is 4. The van der Waals surface area contributed by atoms with Crippen LogP contribution in [0.5, 0.6) is 0 Å². The van der Waals surface area contributed by atoms with E-state index >= 15 is 0 Å². The lowest BCUT2D eigenvalue weighted by Crippen LogP contribution is -2.54. The Hall–Kier alpha value is -1.91. The predicted molar refractivity (Wildman–Crippen MR) is 68.7 cm³/mol. The molecule has 3 N–H and O–H groups in total. The van der Waals surface area contributed by atoms with Crippen LogP contribution in [0.3, 0.4) is 0 Å². The summed E-state index contributed by atoms with van der Waals surface area (Å²) in [6.45, 7) is 0.0815. The Morgan fingerprint density at radius 2 is 2.19 bits per heavy atom. The third-order valence-electron chi connectivity index (χ3n) is 3.90. The van der Waals surface area contributed by atoms with Crippen molar-refractivity contribution >= 4 is 22.3 Å². The Labute approximate surface area is 120 Å². The minimum Gasteiger partial charge on any atom is -0.368 e. The Bertz CT molecular complexity index is 669. The lowest BCUT2D eigenvalue weighted by atomic mass is 9.78. The van der Waals surface area contributed by atoms with Crippen molar-refractivity contribution in [2.75, 3.05) is 6.54 Å². The van der Waals surface area contributed by atoms with Gasteiger partial charge in [0.2, 0.25) is 5.91 Å². The van der Waals surface area contributed by atoms with Crippen LogP contribution in [0, 0.1) is 5.92 Å². The zero-order chi connectivity index (χ0) is 15.4. The molecular formula is C11H13N3O6S. The fourth-order valence-electron chi connectivity index (χ4n) is 3.16. The van der Waals surface area contributed by atoms with Gasteiger partial charge >= 0.3 is 16.4 Å². The number of hydrogen-bond donors (Lipinski definition) is 2. The number of piperidine rings is 1. The maximum atomic E-state index is 12.2. The van der Waals surface area contributed by atoms with Gasteiger partial charge in [-0.2, -0.15) is 13.5 Å². The normalized spacial score (nSPS) is 31.2. The molecule has 0 aromatic carbocycles. The predicted octanol–water partition coefficient (Wildman–Crippen LogP) is -0.803. The number of amides is 3. The first-order valence-electron chi connectivity index (χ1n) is 6.22. The smallest absolute Gasteiger partial charge is 0.368 e. The van der Waals surface area contributed by atoms with E-state index in [0.717, 1.165) is 0 Å². The first-order chi connectivity index (χ1) is 9.79. The van der Waals surface area contributed by atoms with Crippen molar-refractivity contribution in [2.24, 2.45) is 11.7 Å². The summed E-state index contributed by atoms with van der Waals surface area (Å²) < 4.78 is 34.9. The zero-order valence-electron chi connectivity index (χ0n) is 10.7. The Balaban J connectivity index is 2.03. The highest BCUT2D eigenvalue weighted by Gasteiger charge is 2.55. The maximum Gasteiger partial charge on any atom is 0.418 e. The van der Waals surface area contributed by atoms with Gasteiger partial charge in [0.1, 0.15) is 12.1 Å². The average molecular weight is 315 g/mol. The maximum absolute atomic E-state index is 12.2. The fourth-order valence-corrected chi connectivity index (χ4v) is 3.53. The van der Waals surface area contributed by atoms with Crippen LogP contribution in [0.2, 0.25) is 0 Å². The molecule has 0 radical (unpaired) electrons. The molecule has 2 aliphatic heterocycles. The average Bonchev–Trinajstić information content (AvgIpc) is 2.64. The molecule has 114 valence electrons. The van der Waals surface area contributed by atoms with E-state index in [1.807, 2.05) is 6.08 Å². The molecule has 10 heteroatoms. The van der Waals surface area contributed by atoms with Crippen LogP contribution in [-0.4, -0.2) is 53.5 Å². The lowest BCUT2D eigenvalue weighted by Gasteiger charge is -2.38. The van der Waals surface area contributed by atoms with Crippen molar-refractivity contribution < 1.29 is 26.8 Å². The van der Waals surface area contributed by atoms with E-state index in [9.17, 15) is 18.0 Å². The second kappa shape index (κ2) is 4.55. The van der Waals surface area contributed by atoms with Crippen LogP contribution in [-0.2, 0) is 19.5 Å². The highest BCUT2D eigenvalue weighted by Crippen LogP contribution is 2.41. The number of nitrogens with two attached hydrogens (primary N) is 1. The van der Waals surface area contributed by atoms with Gasteiger partial charge in [0.15, 0.2) is 0 Å². The molecule has 21 heavy (non-hydrogen) atoms. The number of hydrogen-bond acceptors (Lipinski definition) is 5. The van der Waals surface area contributed by atoms with Crippen molar-refractivity contribution in [3.05, 3.63) is 23.8 Å². The number of nitrogens with zero attached hydrogens (tertiary/aromatic N) is 2. The molecule has 1 aliphatic carbocycles. The summed E-state index contributed by atoms with van der Waals surface area (Å²) in [5.74, 6) is -0.980. The summed E-state index contributed by atoms with van der Waals surface area (Å²) in [5, 5.41) is 0.580. The SMILES string of the molecule is NC(=O)C1C2CC=CC=C2C2CN1C(=O)N2OS(=O)(=O)O. The third kappa shape index (κ3) is 2.20. The fraction of sp³-hybridized carbons (Fsp3) is 0.455. The molecule has 9 nitrogen and oxygen atoms in total. The van der Waals surface area contributed by atoms with Gasteiger partial charge in [-0.25, -0.2) is 4.79 Å². The van der Waals surface area contributed by atoms with E-state index in [2.05, 4.69) is 4.28 Å². The minimum absolute atomic E-state index is 0.0815. The summed E-state index contributed by atoms with van der Waals surface area (Å²) in [5.41, 5.74) is 6.07. The standard InChI is InChI=1S/C11H13N3O6S/c12-10(15)9-7-4-2-1-3-6(7)8-5-13(9)11(16)14(8)20-21(17,18)19/h1-3,7-9H,4-5H2,(H2,12,15)(H,17,18,19). The molecule has 3 atom stereocenters. The molecule has 2 fully saturated rings. The van der Waals surface area contributed by atoms with Crippen molar-refractivity contribution in [1.29, 1.82) is 0 Å². The van der Waals surface area contributed by atoms with E-state index in [1.165, 1.54) is 4.90 Å². The Kier molecular flexibility index (Phi) is 3.04. The summed E-state index contributed by atoms with van der Waals surface area (Å²) >= 11 is 0. The highest BCUT2D eigenvalue weighted by molar-refractivity contribution is 7.80. The molecule has 2 saturated heterocycles. The van der Waals surface area contributed by atoms with Gasteiger partial charge in [-0.05, 0) is 12.0 Å². The minimum atomic E-state index is -4.84. The molecule has 3 unspecified atom stereocenters. The van der Waals surface area contributed by atoms with Gasteiger partial charge in [0.05, 0.1) is 6.54 Å². The zero-order valence-corrected chi connectivity index (χ0v) is 11.6. The van der Waals surface area contributed by atoms with Gasteiger partial charge in [0.25, 0.3) is 0 Å². The third-order valence-corrected chi connectivity index (χ3v) is 4.25. The number of hydroxylamine groups is 2. The molecule has 3 aliphatic rings. The van der Waals surface area contributed by atoms with Crippen molar-refractivity contribution in [3.63, 3.8) is 0 Å². The largest absolute Gasteiger partial charge is 0.418 e. The van der Waals surface area contributed by atoms with Gasteiger partial charge in [0, 0.05) is 5.92 Å². The quantitative estimate of drug-likeness (QED) is 0.655. The molecule has 0 spiro atoms. The number of allylic oxidation sites excluding steroid dienone is 3. The van der Waals surface area contributed by atoms with Gasteiger partial charge < -0.3 is 10.6 Å². The van der Waals surface area contributed by atoms with Crippen molar-refractivity contribution in [1.82, 2.24) is 9.96 Å². The lowest BCUT2D eigenvalue weighted by molar-refractivity contribution is -0.123. The van der Waals surface area contributed by atoms with E-state index in [1.54, 1.807) is 12.2 Å². The van der Waals surface area contributed by atoms with Crippen LogP contribution in [0.25, 0.3) is 0 Å². The topological polar surface area (TPSA) is 130 Å². The highest BCUT2D eigenvalue weighted by atomic mass is 32.3. The van der Waals surface area contributed by atoms with E-state index in [4.69, 9.17) is 10.3 Å².